The number of anilines is 3. The Hall–Kier alpha value is -6.36. The normalized spacial score (nSPS) is 12.0. The molecule has 0 saturated carbocycles. The Morgan fingerprint density at radius 2 is 1.12 bits per heavy atom. The van der Waals surface area contributed by atoms with Gasteiger partial charge in [-0.1, -0.05) is 97.1 Å². The molecule has 0 spiro atoms. The molecule has 0 saturated heterocycles. The maximum atomic E-state index is 6.66. The van der Waals surface area contributed by atoms with Crippen LogP contribution in [0, 0.1) is 0 Å². The molecule has 3 aromatic heterocycles. The molecule has 0 bridgehead atoms. The average molecular weight is 657 g/mol. The Bertz CT molecular complexity index is 3110. The molecule has 3 heterocycles. The van der Waals surface area contributed by atoms with Gasteiger partial charge in [0.1, 0.15) is 5.58 Å². The van der Waals surface area contributed by atoms with Crippen LogP contribution in [0.5, 0.6) is 0 Å². The first-order chi connectivity index (χ1) is 24.8. The van der Waals surface area contributed by atoms with Crippen LogP contribution in [0.25, 0.3) is 80.4 Å². The lowest BCUT2D eigenvalue weighted by molar-refractivity contribution is 0.669. The number of fused-ring (bicyclic) bond motifs is 10. The number of thiophene rings is 1. The van der Waals surface area contributed by atoms with Crippen LogP contribution >= 0.6 is 11.3 Å². The third-order valence-electron chi connectivity index (χ3n) is 10.1. The van der Waals surface area contributed by atoms with Crippen molar-refractivity contribution in [3.8, 4) is 5.69 Å². The van der Waals surface area contributed by atoms with E-state index in [0.717, 1.165) is 44.7 Å². The topological polar surface area (TPSA) is 21.3 Å². The Kier molecular flexibility index (Phi) is 5.83. The highest BCUT2D eigenvalue weighted by Crippen LogP contribution is 2.46. The van der Waals surface area contributed by atoms with Gasteiger partial charge in [-0.2, -0.15) is 0 Å². The lowest BCUT2D eigenvalue weighted by Crippen LogP contribution is -2.10. The zero-order valence-electron chi connectivity index (χ0n) is 26.9. The van der Waals surface area contributed by atoms with E-state index < -0.39 is 0 Å². The van der Waals surface area contributed by atoms with Crippen molar-refractivity contribution in [3.05, 3.63) is 170 Å². The predicted octanol–water partition coefficient (Wildman–Crippen LogP) is 13.7. The summed E-state index contributed by atoms with van der Waals surface area (Å²) in [5.41, 5.74) is 8.46. The van der Waals surface area contributed by atoms with Crippen molar-refractivity contribution in [1.82, 2.24) is 4.57 Å². The molecule has 0 fully saturated rings. The predicted molar refractivity (Wildman–Crippen MR) is 213 cm³/mol. The molecule has 0 atom stereocenters. The van der Waals surface area contributed by atoms with Gasteiger partial charge in [0.05, 0.1) is 16.7 Å². The number of para-hydroxylation sites is 4. The van der Waals surface area contributed by atoms with Gasteiger partial charge in [0.2, 0.25) is 0 Å². The van der Waals surface area contributed by atoms with Crippen LogP contribution in [0.3, 0.4) is 0 Å². The molecule has 0 aliphatic heterocycles. The average Bonchev–Trinajstić information content (AvgIpc) is 3.83. The van der Waals surface area contributed by atoms with Crippen LogP contribution in [0.4, 0.5) is 17.1 Å². The first-order valence-electron chi connectivity index (χ1n) is 16.9. The highest BCUT2D eigenvalue weighted by Gasteiger charge is 2.22. The zero-order chi connectivity index (χ0) is 32.8. The van der Waals surface area contributed by atoms with Gasteiger partial charge < -0.3 is 13.9 Å². The summed E-state index contributed by atoms with van der Waals surface area (Å²) in [6, 6.07) is 61.3. The highest BCUT2D eigenvalue weighted by molar-refractivity contribution is 7.25. The summed E-state index contributed by atoms with van der Waals surface area (Å²) in [5, 5.41) is 9.79. The summed E-state index contributed by atoms with van der Waals surface area (Å²) in [6.07, 6.45) is 0. The number of hydrogen-bond acceptors (Lipinski definition) is 3. The fourth-order valence-electron chi connectivity index (χ4n) is 7.88. The zero-order valence-corrected chi connectivity index (χ0v) is 27.7. The number of nitrogens with zero attached hydrogens (tertiary/aromatic N) is 2. The first kappa shape index (κ1) is 27.6. The Morgan fingerprint density at radius 1 is 0.440 bits per heavy atom. The first-order valence-corrected chi connectivity index (χ1v) is 17.7. The van der Waals surface area contributed by atoms with E-state index in [9.17, 15) is 0 Å². The second kappa shape index (κ2) is 10.6. The van der Waals surface area contributed by atoms with Crippen molar-refractivity contribution in [2.75, 3.05) is 4.90 Å². The van der Waals surface area contributed by atoms with Crippen molar-refractivity contribution in [1.29, 1.82) is 0 Å². The molecule has 11 aromatic rings. The van der Waals surface area contributed by atoms with Crippen molar-refractivity contribution >= 4 is 103 Å². The van der Waals surface area contributed by atoms with Crippen LogP contribution < -0.4 is 4.90 Å². The van der Waals surface area contributed by atoms with Crippen molar-refractivity contribution < 1.29 is 4.42 Å². The van der Waals surface area contributed by atoms with E-state index in [4.69, 9.17) is 4.42 Å². The molecule has 0 N–H and O–H groups in total. The van der Waals surface area contributed by atoms with Crippen LogP contribution in [0.2, 0.25) is 0 Å². The second-order valence-electron chi connectivity index (χ2n) is 13.0. The van der Waals surface area contributed by atoms with E-state index in [1.54, 1.807) is 0 Å². The molecule has 0 aliphatic rings. The monoisotopic (exact) mass is 656 g/mol. The molecule has 234 valence electrons. The van der Waals surface area contributed by atoms with E-state index in [-0.39, 0.29) is 0 Å². The minimum atomic E-state index is 0.878. The quantitative estimate of drug-likeness (QED) is 0.188. The van der Waals surface area contributed by atoms with Crippen LogP contribution in [0.15, 0.2) is 174 Å². The SMILES string of the molecule is c1ccc(-n2c3ccccc3c3cc(N(c4ccc5c(c4)sc4cc6ccccc6cc45)c4cccc5c4oc4ccccc45)ccc32)cc1. The Labute approximate surface area is 291 Å². The third kappa shape index (κ3) is 4.03. The summed E-state index contributed by atoms with van der Waals surface area (Å²) in [4.78, 5) is 2.37. The maximum absolute atomic E-state index is 6.66. The lowest BCUT2D eigenvalue weighted by atomic mass is 10.1. The van der Waals surface area contributed by atoms with E-state index in [1.807, 2.05) is 17.4 Å². The molecule has 0 unspecified atom stereocenters. The van der Waals surface area contributed by atoms with E-state index in [1.165, 1.54) is 52.8 Å². The Morgan fingerprint density at radius 3 is 2.02 bits per heavy atom. The van der Waals surface area contributed by atoms with Crippen LogP contribution in [0.1, 0.15) is 0 Å². The minimum absolute atomic E-state index is 0.878. The van der Waals surface area contributed by atoms with E-state index in [2.05, 4.69) is 173 Å². The standard InChI is InChI=1S/C46H28N2OS/c1-2-13-31(14-3-1)48-40-18-8-6-15-34(40)38-27-32(22-24-41(38)48)47(42-19-10-17-37-35-16-7-9-20-43(35)49-46(37)42)33-21-23-36-39-25-29-11-4-5-12-30(29)26-44(39)50-45(36)28-33/h1-28H. The van der Waals surface area contributed by atoms with Gasteiger partial charge in [-0.25, -0.2) is 0 Å². The molecular weight excluding hydrogens is 629 g/mol. The molecule has 0 amide bonds. The lowest BCUT2D eigenvalue weighted by Gasteiger charge is -2.26. The molecular formula is C46H28N2OS. The largest absolute Gasteiger partial charge is 0.454 e. The number of hydrogen-bond donors (Lipinski definition) is 0. The molecule has 50 heavy (non-hydrogen) atoms. The molecule has 0 aliphatic carbocycles. The van der Waals surface area contributed by atoms with Crippen molar-refractivity contribution in [3.63, 3.8) is 0 Å². The minimum Gasteiger partial charge on any atom is -0.454 e. The summed E-state index contributed by atoms with van der Waals surface area (Å²) in [6.45, 7) is 0. The van der Waals surface area contributed by atoms with Crippen LogP contribution in [-0.4, -0.2) is 4.57 Å². The van der Waals surface area contributed by atoms with Gasteiger partial charge in [0.15, 0.2) is 5.58 Å². The smallest absolute Gasteiger partial charge is 0.159 e. The number of furan rings is 1. The second-order valence-corrected chi connectivity index (χ2v) is 14.0. The van der Waals surface area contributed by atoms with Gasteiger partial charge in [0, 0.05) is 58.8 Å². The number of rotatable bonds is 4. The molecule has 11 rings (SSSR count). The van der Waals surface area contributed by atoms with E-state index in [0.29, 0.717) is 0 Å². The summed E-state index contributed by atoms with van der Waals surface area (Å²) < 4.78 is 11.6. The summed E-state index contributed by atoms with van der Waals surface area (Å²) in [5.74, 6) is 0. The fourth-order valence-corrected chi connectivity index (χ4v) is 9.05. The van der Waals surface area contributed by atoms with Crippen molar-refractivity contribution in [2.24, 2.45) is 0 Å². The van der Waals surface area contributed by atoms with Gasteiger partial charge in [0.25, 0.3) is 0 Å². The molecule has 4 heteroatoms. The number of benzene rings is 8. The molecule has 0 radical (unpaired) electrons. The van der Waals surface area contributed by atoms with Gasteiger partial charge >= 0.3 is 0 Å². The number of aromatic nitrogens is 1. The summed E-state index contributed by atoms with van der Waals surface area (Å²) in [7, 11) is 0. The van der Waals surface area contributed by atoms with Gasteiger partial charge in [-0.15, -0.1) is 11.3 Å². The van der Waals surface area contributed by atoms with E-state index >= 15 is 0 Å². The van der Waals surface area contributed by atoms with Gasteiger partial charge in [-0.05, 0) is 83.6 Å². The molecule has 3 nitrogen and oxygen atoms in total. The Balaban J connectivity index is 1.18. The summed E-state index contributed by atoms with van der Waals surface area (Å²) >= 11 is 1.86. The van der Waals surface area contributed by atoms with Crippen molar-refractivity contribution in [2.45, 2.75) is 0 Å². The fraction of sp³-hybridized carbons (Fsp3) is 0. The third-order valence-corrected chi connectivity index (χ3v) is 11.2. The molecule has 8 aromatic carbocycles. The van der Waals surface area contributed by atoms with Gasteiger partial charge in [-0.3, -0.25) is 0 Å². The van der Waals surface area contributed by atoms with Crippen LogP contribution in [-0.2, 0) is 0 Å². The maximum Gasteiger partial charge on any atom is 0.159 e. The highest BCUT2D eigenvalue weighted by atomic mass is 32.1.